The number of rotatable bonds is 5. The first-order valence-electron chi connectivity index (χ1n) is 7.91. The maximum atomic E-state index is 12.4. The molecule has 0 radical (unpaired) electrons. The fourth-order valence-electron chi connectivity index (χ4n) is 2.90. The van der Waals surface area contributed by atoms with Gasteiger partial charge in [-0.25, -0.2) is 8.42 Å². The van der Waals surface area contributed by atoms with Crippen molar-refractivity contribution in [2.24, 2.45) is 0 Å². The molecular formula is C15H19N3O5S. The smallest absolute Gasteiger partial charge is 0.336 e. The van der Waals surface area contributed by atoms with Gasteiger partial charge >= 0.3 is 5.22 Å². The van der Waals surface area contributed by atoms with Crippen molar-refractivity contribution in [2.75, 3.05) is 12.3 Å². The Kier molecular flexibility index (Phi) is 4.70. The molecule has 24 heavy (non-hydrogen) atoms. The molecular weight excluding hydrogens is 334 g/mol. The molecule has 8 nitrogen and oxygen atoms in total. The van der Waals surface area contributed by atoms with Crippen LogP contribution in [-0.2, 0) is 14.6 Å². The SMILES string of the molecule is CCC1CCCCN1C(=O)CS(=O)(=O)c1nnc(-c2ccco2)o1. The molecule has 1 aliphatic rings. The van der Waals surface area contributed by atoms with E-state index in [1.807, 2.05) is 6.92 Å². The molecule has 9 heteroatoms. The summed E-state index contributed by atoms with van der Waals surface area (Å²) >= 11 is 0. The van der Waals surface area contributed by atoms with Crippen LogP contribution in [0.25, 0.3) is 11.7 Å². The molecule has 0 spiro atoms. The predicted octanol–water partition coefficient (Wildman–Crippen LogP) is 1.89. The Bertz CT molecular complexity index is 797. The van der Waals surface area contributed by atoms with Crippen LogP contribution < -0.4 is 0 Å². The summed E-state index contributed by atoms with van der Waals surface area (Å²) in [6, 6.07) is 3.30. The van der Waals surface area contributed by atoms with Crippen molar-refractivity contribution in [1.29, 1.82) is 0 Å². The van der Waals surface area contributed by atoms with Gasteiger partial charge in [0.1, 0.15) is 5.75 Å². The standard InChI is InChI=1S/C15H19N3O5S/c1-2-11-6-3-4-8-18(11)13(19)10-24(20,21)15-17-16-14(23-15)12-7-5-9-22-12/h5,7,9,11H,2-4,6,8,10H2,1H3. The molecule has 0 aromatic carbocycles. The van der Waals surface area contributed by atoms with E-state index in [1.165, 1.54) is 6.26 Å². The van der Waals surface area contributed by atoms with Gasteiger partial charge in [0, 0.05) is 12.6 Å². The number of hydrogen-bond donors (Lipinski definition) is 0. The average Bonchev–Trinajstić information content (AvgIpc) is 3.25. The number of carbonyl (C=O) groups excluding carboxylic acids is 1. The van der Waals surface area contributed by atoms with Gasteiger partial charge in [-0.05, 0) is 37.8 Å². The van der Waals surface area contributed by atoms with Crippen molar-refractivity contribution >= 4 is 15.7 Å². The normalized spacial score (nSPS) is 18.7. The minimum atomic E-state index is -3.98. The average molecular weight is 353 g/mol. The van der Waals surface area contributed by atoms with E-state index in [2.05, 4.69) is 10.2 Å². The summed E-state index contributed by atoms with van der Waals surface area (Å²) in [5, 5.41) is 6.64. The lowest BCUT2D eigenvalue weighted by Crippen LogP contribution is -2.45. The summed E-state index contributed by atoms with van der Waals surface area (Å²) in [6.45, 7) is 2.59. The van der Waals surface area contributed by atoms with Gasteiger partial charge in [0.05, 0.1) is 6.26 Å². The Morgan fingerprint density at radius 1 is 1.38 bits per heavy atom. The minimum Gasteiger partial charge on any atom is -0.459 e. The van der Waals surface area contributed by atoms with Crippen LogP contribution in [0.3, 0.4) is 0 Å². The Morgan fingerprint density at radius 2 is 2.21 bits per heavy atom. The lowest BCUT2D eigenvalue weighted by molar-refractivity contribution is -0.132. The maximum absolute atomic E-state index is 12.4. The molecule has 1 amide bonds. The van der Waals surface area contributed by atoms with Gasteiger partial charge in [0.15, 0.2) is 5.76 Å². The van der Waals surface area contributed by atoms with Crippen molar-refractivity contribution in [3.05, 3.63) is 18.4 Å². The summed E-state index contributed by atoms with van der Waals surface area (Å²) in [4.78, 5) is 14.1. The number of nitrogens with zero attached hydrogens (tertiary/aromatic N) is 3. The maximum Gasteiger partial charge on any atom is 0.336 e. The van der Waals surface area contributed by atoms with Gasteiger partial charge in [-0.15, -0.1) is 5.10 Å². The van der Waals surface area contributed by atoms with E-state index in [9.17, 15) is 13.2 Å². The third kappa shape index (κ3) is 3.35. The lowest BCUT2D eigenvalue weighted by atomic mass is 10.0. The molecule has 0 N–H and O–H groups in total. The zero-order valence-electron chi connectivity index (χ0n) is 13.3. The summed E-state index contributed by atoms with van der Waals surface area (Å²) < 4.78 is 35.0. The fourth-order valence-corrected chi connectivity index (χ4v) is 3.88. The molecule has 0 aliphatic carbocycles. The molecule has 1 aliphatic heterocycles. The van der Waals surface area contributed by atoms with Crippen LogP contribution in [0, 0.1) is 0 Å². The van der Waals surface area contributed by atoms with E-state index >= 15 is 0 Å². The zero-order valence-corrected chi connectivity index (χ0v) is 14.2. The minimum absolute atomic E-state index is 0.0320. The van der Waals surface area contributed by atoms with Gasteiger partial charge in [-0.2, -0.15) is 0 Å². The van der Waals surface area contributed by atoms with Gasteiger partial charge in [0.25, 0.3) is 5.89 Å². The van der Waals surface area contributed by atoms with Gasteiger partial charge in [-0.3, -0.25) is 4.79 Å². The highest BCUT2D eigenvalue weighted by Crippen LogP contribution is 2.23. The quantitative estimate of drug-likeness (QED) is 0.808. The largest absolute Gasteiger partial charge is 0.459 e. The highest BCUT2D eigenvalue weighted by Gasteiger charge is 2.32. The van der Waals surface area contributed by atoms with E-state index < -0.39 is 26.7 Å². The van der Waals surface area contributed by atoms with Crippen LogP contribution in [0.15, 0.2) is 32.5 Å². The van der Waals surface area contributed by atoms with Crippen molar-refractivity contribution in [3.63, 3.8) is 0 Å². The Labute approximate surface area is 139 Å². The van der Waals surface area contributed by atoms with E-state index in [1.54, 1.807) is 17.0 Å². The van der Waals surface area contributed by atoms with Crippen LogP contribution in [0.4, 0.5) is 0 Å². The first kappa shape index (κ1) is 16.7. The van der Waals surface area contributed by atoms with E-state index in [0.29, 0.717) is 6.54 Å². The molecule has 0 saturated carbocycles. The Morgan fingerprint density at radius 3 is 2.92 bits per heavy atom. The molecule has 1 saturated heterocycles. The molecule has 1 unspecified atom stereocenters. The number of amides is 1. The van der Waals surface area contributed by atoms with Gasteiger partial charge in [0.2, 0.25) is 15.7 Å². The highest BCUT2D eigenvalue weighted by molar-refractivity contribution is 7.91. The highest BCUT2D eigenvalue weighted by atomic mass is 32.2. The van der Waals surface area contributed by atoms with E-state index in [-0.39, 0.29) is 17.7 Å². The summed E-state index contributed by atoms with van der Waals surface area (Å²) in [7, 11) is -3.98. The first-order chi connectivity index (χ1) is 11.5. The molecule has 0 bridgehead atoms. The topological polar surface area (TPSA) is 107 Å². The second-order valence-electron chi connectivity index (χ2n) is 5.75. The number of sulfone groups is 1. The number of furan rings is 1. The zero-order chi connectivity index (χ0) is 17.2. The third-order valence-electron chi connectivity index (χ3n) is 4.14. The second kappa shape index (κ2) is 6.76. The summed E-state index contributed by atoms with van der Waals surface area (Å²) in [5.41, 5.74) is 0. The van der Waals surface area contributed by atoms with E-state index in [4.69, 9.17) is 8.83 Å². The lowest BCUT2D eigenvalue weighted by Gasteiger charge is -2.35. The number of aromatic nitrogens is 2. The summed E-state index contributed by atoms with van der Waals surface area (Å²) in [6.07, 6.45) is 5.09. The van der Waals surface area contributed by atoms with Gasteiger partial charge in [-0.1, -0.05) is 12.0 Å². The molecule has 3 rings (SSSR count). The Hall–Kier alpha value is -2.16. The summed E-state index contributed by atoms with van der Waals surface area (Å²) in [5.74, 6) is -0.837. The predicted molar refractivity (Wildman–Crippen MR) is 83.7 cm³/mol. The second-order valence-corrected chi connectivity index (χ2v) is 7.62. The van der Waals surface area contributed by atoms with Crippen molar-refractivity contribution in [1.82, 2.24) is 15.1 Å². The van der Waals surface area contributed by atoms with Crippen molar-refractivity contribution in [2.45, 2.75) is 43.9 Å². The van der Waals surface area contributed by atoms with Crippen LogP contribution >= 0.6 is 0 Å². The third-order valence-corrected chi connectivity index (χ3v) is 5.46. The number of likely N-dealkylation sites (tertiary alicyclic amines) is 1. The van der Waals surface area contributed by atoms with Crippen LogP contribution in [-0.4, -0.2) is 47.8 Å². The molecule has 1 atom stereocenters. The molecule has 130 valence electrons. The number of carbonyl (C=O) groups is 1. The van der Waals surface area contributed by atoms with Crippen molar-refractivity contribution < 1.29 is 22.0 Å². The monoisotopic (exact) mass is 353 g/mol. The molecule has 2 aromatic rings. The Balaban J connectivity index is 1.75. The van der Waals surface area contributed by atoms with Crippen LogP contribution in [0.5, 0.6) is 0 Å². The molecule has 3 heterocycles. The van der Waals surface area contributed by atoms with Crippen LogP contribution in [0.2, 0.25) is 0 Å². The van der Waals surface area contributed by atoms with Crippen molar-refractivity contribution in [3.8, 4) is 11.7 Å². The van der Waals surface area contributed by atoms with Gasteiger partial charge < -0.3 is 13.7 Å². The number of hydrogen-bond acceptors (Lipinski definition) is 7. The first-order valence-corrected chi connectivity index (χ1v) is 9.56. The van der Waals surface area contributed by atoms with E-state index in [0.717, 1.165) is 25.7 Å². The fraction of sp³-hybridized carbons (Fsp3) is 0.533. The number of piperidine rings is 1. The molecule has 1 fully saturated rings. The van der Waals surface area contributed by atoms with Crippen LogP contribution in [0.1, 0.15) is 32.6 Å². The molecule has 2 aromatic heterocycles.